The van der Waals surface area contributed by atoms with Crippen molar-refractivity contribution in [2.24, 2.45) is 0 Å². The topological polar surface area (TPSA) is 69.7 Å². The van der Waals surface area contributed by atoms with E-state index in [0.717, 1.165) is 35.3 Å². The van der Waals surface area contributed by atoms with Crippen LogP contribution in [0.1, 0.15) is 24.8 Å². The van der Waals surface area contributed by atoms with Gasteiger partial charge in [-0.25, -0.2) is 0 Å². The van der Waals surface area contributed by atoms with Crippen LogP contribution in [0.2, 0.25) is 5.02 Å². The maximum Gasteiger partial charge on any atom is 0.294 e. The lowest BCUT2D eigenvalue weighted by atomic mass is 10.1. The second-order valence-electron chi connectivity index (χ2n) is 7.46. The molecule has 0 spiro atoms. The first-order chi connectivity index (χ1) is 15.0. The van der Waals surface area contributed by atoms with Crippen LogP contribution in [0.4, 0.5) is 16.2 Å². The van der Waals surface area contributed by atoms with E-state index in [9.17, 15) is 14.4 Å². The molecule has 2 aromatic rings. The van der Waals surface area contributed by atoms with E-state index < -0.39 is 17.1 Å². The third-order valence-corrected chi connectivity index (χ3v) is 6.37. The van der Waals surface area contributed by atoms with Gasteiger partial charge >= 0.3 is 0 Å². The number of hydrogen-bond donors (Lipinski definition) is 1. The maximum atomic E-state index is 12.7. The Bertz CT molecular complexity index is 1020. The Kier molecular flexibility index (Phi) is 6.63. The largest absolute Gasteiger partial charge is 0.372 e. The summed E-state index contributed by atoms with van der Waals surface area (Å²) in [5, 5.41) is 2.76. The first kappa shape index (κ1) is 21.5. The van der Waals surface area contributed by atoms with Gasteiger partial charge in [-0.3, -0.25) is 19.3 Å². The summed E-state index contributed by atoms with van der Waals surface area (Å²) in [6, 6.07) is 14.6. The summed E-state index contributed by atoms with van der Waals surface area (Å²) < 4.78 is 0. The van der Waals surface area contributed by atoms with E-state index in [2.05, 4.69) is 10.2 Å². The zero-order valence-corrected chi connectivity index (χ0v) is 18.4. The van der Waals surface area contributed by atoms with Crippen molar-refractivity contribution in [3.8, 4) is 0 Å². The van der Waals surface area contributed by atoms with Crippen LogP contribution in [-0.2, 0) is 9.59 Å². The summed E-state index contributed by atoms with van der Waals surface area (Å²) in [7, 11) is 0. The number of benzene rings is 2. The molecule has 0 aromatic heterocycles. The molecular weight excluding hydrogens is 434 g/mol. The lowest BCUT2D eigenvalue weighted by Gasteiger charge is -2.28. The highest BCUT2D eigenvalue weighted by molar-refractivity contribution is 8.18. The smallest absolute Gasteiger partial charge is 0.294 e. The van der Waals surface area contributed by atoms with Crippen molar-refractivity contribution >= 4 is 57.9 Å². The van der Waals surface area contributed by atoms with Gasteiger partial charge in [-0.15, -0.1) is 0 Å². The fraction of sp³-hybridized carbons (Fsp3) is 0.261. The quantitative estimate of drug-likeness (QED) is 0.642. The van der Waals surface area contributed by atoms with Gasteiger partial charge in [0.25, 0.3) is 11.1 Å². The Labute approximate surface area is 190 Å². The number of amides is 3. The lowest BCUT2D eigenvalue weighted by molar-refractivity contribution is -0.127. The Morgan fingerprint density at radius 1 is 1.00 bits per heavy atom. The third kappa shape index (κ3) is 5.29. The van der Waals surface area contributed by atoms with Crippen LogP contribution in [0, 0.1) is 0 Å². The predicted molar refractivity (Wildman–Crippen MR) is 125 cm³/mol. The highest BCUT2D eigenvalue weighted by Crippen LogP contribution is 2.32. The number of hydrogen-bond acceptors (Lipinski definition) is 5. The summed E-state index contributed by atoms with van der Waals surface area (Å²) in [4.78, 5) is 40.9. The minimum Gasteiger partial charge on any atom is -0.372 e. The van der Waals surface area contributed by atoms with E-state index >= 15 is 0 Å². The van der Waals surface area contributed by atoms with Crippen molar-refractivity contribution < 1.29 is 14.4 Å². The van der Waals surface area contributed by atoms with Crippen molar-refractivity contribution in [2.45, 2.75) is 19.3 Å². The zero-order valence-electron chi connectivity index (χ0n) is 16.8. The Balaban J connectivity index is 1.39. The molecule has 1 N–H and O–H groups in total. The van der Waals surface area contributed by atoms with Gasteiger partial charge < -0.3 is 10.2 Å². The summed E-state index contributed by atoms with van der Waals surface area (Å²) in [5.41, 5.74) is 2.56. The molecule has 0 saturated carbocycles. The molecule has 6 nitrogen and oxygen atoms in total. The van der Waals surface area contributed by atoms with E-state index in [1.165, 1.54) is 24.9 Å². The average Bonchev–Trinajstić information content (AvgIpc) is 3.04. The van der Waals surface area contributed by atoms with Gasteiger partial charge in [-0.2, -0.15) is 0 Å². The molecule has 0 radical (unpaired) electrons. The molecule has 3 amide bonds. The number of rotatable bonds is 5. The molecule has 2 saturated heterocycles. The second-order valence-corrected chi connectivity index (χ2v) is 8.89. The monoisotopic (exact) mass is 455 g/mol. The Morgan fingerprint density at radius 3 is 2.35 bits per heavy atom. The average molecular weight is 456 g/mol. The molecule has 0 aliphatic carbocycles. The van der Waals surface area contributed by atoms with E-state index in [1.54, 1.807) is 30.3 Å². The van der Waals surface area contributed by atoms with Crippen LogP contribution in [0.15, 0.2) is 53.4 Å². The van der Waals surface area contributed by atoms with E-state index in [1.807, 2.05) is 24.3 Å². The molecule has 0 bridgehead atoms. The van der Waals surface area contributed by atoms with Gasteiger partial charge in [0, 0.05) is 29.5 Å². The molecule has 2 aromatic carbocycles. The molecule has 0 unspecified atom stereocenters. The highest BCUT2D eigenvalue weighted by atomic mass is 35.5. The van der Waals surface area contributed by atoms with Crippen LogP contribution in [0.3, 0.4) is 0 Å². The van der Waals surface area contributed by atoms with Crippen molar-refractivity contribution in [1.82, 2.24) is 4.90 Å². The van der Waals surface area contributed by atoms with Gasteiger partial charge in [0.2, 0.25) is 5.91 Å². The van der Waals surface area contributed by atoms with Crippen LogP contribution in [0.25, 0.3) is 6.08 Å². The van der Waals surface area contributed by atoms with Crippen LogP contribution >= 0.6 is 23.4 Å². The number of piperidine rings is 1. The second kappa shape index (κ2) is 9.58. The maximum absolute atomic E-state index is 12.7. The Hall–Kier alpha value is -2.77. The first-order valence-corrected chi connectivity index (χ1v) is 11.3. The fourth-order valence-corrected chi connectivity index (χ4v) is 4.56. The van der Waals surface area contributed by atoms with Gasteiger partial charge in [0.15, 0.2) is 0 Å². The standard InChI is InChI=1S/C23H22ClN3O3S/c24-17-6-8-18(9-7-17)25-21(28)15-27-22(29)20(31-23(27)30)14-16-4-10-19(11-5-16)26-12-2-1-3-13-26/h4-11,14H,1-3,12-13,15H2,(H,25,28)/b20-14-. The molecule has 0 atom stereocenters. The molecular formula is C23H22ClN3O3S. The van der Waals surface area contributed by atoms with Crippen LogP contribution < -0.4 is 10.2 Å². The van der Waals surface area contributed by atoms with E-state index in [0.29, 0.717) is 15.6 Å². The molecule has 8 heteroatoms. The van der Waals surface area contributed by atoms with E-state index in [4.69, 9.17) is 11.6 Å². The number of carbonyl (C=O) groups excluding carboxylic acids is 3. The van der Waals surface area contributed by atoms with Crippen molar-refractivity contribution in [2.75, 3.05) is 29.9 Å². The number of nitrogens with zero attached hydrogens (tertiary/aromatic N) is 2. The number of anilines is 2. The molecule has 2 aliphatic rings. The minimum absolute atomic E-state index is 0.315. The Morgan fingerprint density at radius 2 is 1.68 bits per heavy atom. The summed E-state index contributed by atoms with van der Waals surface area (Å²) in [6.07, 6.45) is 5.39. The highest BCUT2D eigenvalue weighted by Gasteiger charge is 2.36. The summed E-state index contributed by atoms with van der Waals surface area (Å²) in [5.74, 6) is -0.905. The van der Waals surface area contributed by atoms with Crippen LogP contribution in [-0.4, -0.2) is 41.6 Å². The number of carbonyl (C=O) groups is 3. The molecule has 4 rings (SSSR count). The van der Waals surface area contributed by atoms with Gasteiger partial charge in [0.05, 0.1) is 4.91 Å². The summed E-state index contributed by atoms with van der Waals surface area (Å²) >= 11 is 6.68. The third-order valence-electron chi connectivity index (χ3n) is 5.22. The predicted octanol–water partition coefficient (Wildman–Crippen LogP) is 5.01. The van der Waals surface area contributed by atoms with Gasteiger partial charge in [-0.1, -0.05) is 23.7 Å². The lowest BCUT2D eigenvalue weighted by Crippen LogP contribution is -2.36. The molecule has 2 aliphatic heterocycles. The van der Waals surface area contributed by atoms with Crippen molar-refractivity contribution in [3.63, 3.8) is 0 Å². The molecule has 31 heavy (non-hydrogen) atoms. The minimum atomic E-state index is -0.457. The SMILES string of the molecule is O=C(CN1C(=O)S/C(=C\c2ccc(N3CCCCC3)cc2)C1=O)Nc1ccc(Cl)cc1. The van der Waals surface area contributed by atoms with Crippen molar-refractivity contribution in [1.29, 1.82) is 0 Å². The number of halogens is 1. The fourth-order valence-electron chi connectivity index (χ4n) is 3.60. The molecule has 160 valence electrons. The van der Waals surface area contributed by atoms with Crippen LogP contribution in [0.5, 0.6) is 0 Å². The number of nitrogens with one attached hydrogen (secondary N) is 1. The van der Waals surface area contributed by atoms with Gasteiger partial charge in [-0.05, 0) is 79.1 Å². The zero-order chi connectivity index (χ0) is 21.8. The number of imide groups is 1. The summed E-state index contributed by atoms with van der Waals surface area (Å²) in [6.45, 7) is 1.80. The number of thioether (sulfide) groups is 1. The normalized spacial score (nSPS) is 18.0. The van der Waals surface area contributed by atoms with E-state index in [-0.39, 0.29) is 6.54 Å². The van der Waals surface area contributed by atoms with Gasteiger partial charge in [0.1, 0.15) is 6.54 Å². The molecule has 2 heterocycles. The molecule has 2 fully saturated rings. The van der Waals surface area contributed by atoms with Crippen molar-refractivity contribution in [3.05, 3.63) is 64.0 Å². The first-order valence-electron chi connectivity index (χ1n) is 10.2.